The SMILES string of the molecule is CN(C(=O)C(=O)O)C(c1cccnc1)c1ccc(F)c(F)c1. The fourth-order valence-electron chi connectivity index (χ4n) is 2.13. The summed E-state index contributed by atoms with van der Waals surface area (Å²) in [5.74, 6) is -4.92. The molecular weight excluding hydrogens is 294 g/mol. The number of carboxylic acid groups (broad SMARTS) is 1. The maximum Gasteiger partial charge on any atom is 0.394 e. The second-order valence-corrected chi connectivity index (χ2v) is 4.58. The molecule has 1 N–H and O–H groups in total. The van der Waals surface area contributed by atoms with Crippen LogP contribution in [0.1, 0.15) is 17.2 Å². The van der Waals surface area contributed by atoms with E-state index in [1.165, 1.54) is 25.5 Å². The number of amides is 1. The van der Waals surface area contributed by atoms with Gasteiger partial charge in [0.1, 0.15) is 0 Å². The maximum absolute atomic E-state index is 13.5. The number of halogens is 2. The van der Waals surface area contributed by atoms with Crippen LogP contribution in [-0.2, 0) is 9.59 Å². The number of nitrogens with zero attached hydrogens (tertiary/aromatic N) is 2. The van der Waals surface area contributed by atoms with Crippen LogP contribution < -0.4 is 0 Å². The Morgan fingerprint density at radius 2 is 1.91 bits per heavy atom. The van der Waals surface area contributed by atoms with Gasteiger partial charge < -0.3 is 10.0 Å². The number of aliphatic carboxylic acids is 1. The van der Waals surface area contributed by atoms with Gasteiger partial charge in [-0.3, -0.25) is 9.78 Å². The Bertz CT molecular complexity index is 707. The van der Waals surface area contributed by atoms with E-state index in [4.69, 9.17) is 5.11 Å². The zero-order chi connectivity index (χ0) is 16.3. The Kier molecular flexibility index (Phi) is 4.45. The van der Waals surface area contributed by atoms with Crippen molar-refractivity contribution in [1.82, 2.24) is 9.88 Å². The van der Waals surface area contributed by atoms with Crippen molar-refractivity contribution in [1.29, 1.82) is 0 Å². The van der Waals surface area contributed by atoms with Gasteiger partial charge in [0.25, 0.3) is 0 Å². The van der Waals surface area contributed by atoms with E-state index in [0.29, 0.717) is 5.56 Å². The van der Waals surface area contributed by atoms with E-state index >= 15 is 0 Å². The Morgan fingerprint density at radius 1 is 1.18 bits per heavy atom. The molecule has 0 spiro atoms. The highest BCUT2D eigenvalue weighted by Crippen LogP contribution is 2.28. The van der Waals surface area contributed by atoms with Crippen molar-refractivity contribution in [3.63, 3.8) is 0 Å². The van der Waals surface area contributed by atoms with Crippen molar-refractivity contribution in [2.45, 2.75) is 6.04 Å². The van der Waals surface area contributed by atoms with E-state index in [2.05, 4.69) is 4.98 Å². The summed E-state index contributed by atoms with van der Waals surface area (Å²) in [6.45, 7) is 0. The molecule has 114 valence electrons. The third-order valence-corrected chi connectivity index (χ3v) is 3.15. The number of hydrogen-bond donors (Lipinski definition) is 1. The Balaban J connectivity index is 2.52. The number of rotatable bonds is 3. The number of benzene rings is 1. The lowest BCUT2D eigenvalue weighted by molar-refractivity contribution is -0.156. The van der Waals surface area contributed by atoms with Crippen molar-refractivity contribution in [2.75, 3.05) is 7.05 Å². The summed E-state index contributed by atoms with van der Waals surface area (Å²) < 4.78 is 26.6. The number of aromatic nitrogens is 1. The van der Waals surface area contributed by atoms with Crippen molar-refractivity contribution in [3.8, 4) is 0 Å². The normalized spacial score (nSPS) is 11.8. The molecule has 1 heterocycles. The van der Waals surface area contributed by atoms with Gasteiger partial charge in [-0.1, -0.05) is 12.1 Å². The number of likely N-dealkylation sites (N-methyl/N-ethyl adjacent to an activating group) is 1. The Labute approximate surface area is 124 Å². The number of hydrogen-bond acceptors (Lipinski definition) is 3. The average molecular weight is 306 g/mol. The molecule has 7 heteroatoms. The summed E-state index contributed by atoms with van der Waals surface area (Å²) in [6.07, 6.45) is 2.93. The largest absolute Gasteiger partial charge is 0.474 e. The Morgan fingerprint density at radius 3 is 2.45 bits per heavy atom. The van der Waals surface area contributed by atoms with Gasteiger partial charge in [0.15, 0.2) is 11.6 Å². The molecule has 0 saturated heterocycles. The molecule has 0 saturated carbocycles. The number of carbonyl (C=O) groups is 2. The minimum Gasteiger partial charge on any atom is -0.474 e. The molecule has 1 unspecified atom stereocenters. The van der Waals surface area contributed by atoms with E-state index < -0.39 is 29.6 Å². The average Bonchev–Trinajstić information content (AvgIpc) is 2.51. The first-order valence-electron chi connectivity index (χ1n) is 6.26. The van der Waals surface area contributed by atoms with E-state index in [0.717, 1.165) is 17.0 Å². The summed E-state index contributed by atoms with van der Waals surface area (Å²) in [5.41, 5.74) is 0.717. The van der Waals surface area contributed by atoms with E-state index in [1.54, 1.807) is 12.1 Å². The van der Waals surface area contributed by atoms with Crippen LogP contribution in [0.3, 0.4) is 0 Å². The van der Waals surface area contributed by atoms with Gasteiger partial charge in [-0.25, -0.2) is 13.6 Å². The zero-order valence-corrected chi connectivity index (χ0v) is 11.5. The molecule has 5 nitrogen and oxygen atoms in total. The molecule has 1 aromatic heterocycles. The fraction of sp³-hybridized carbons (Fsp3) is 0.133. The smallest absolute Gasteiger partial charge is 0.394 e. The van der Waals surface area contributed by atoms with Crippen molar-refractivity contribution in [3.05, 3.63) is 65.5 Å². The molecule has 0 aliphatic heterocycles. The van der Waals surface area contributed by atoms with Gasteiger partial charge in [-0.05, 0) is 29.3 Å². The molecule has 0 fully saturated rings. The third kappa shape index (κ3) is 3.08. The second kappa shape index (κ2) is 6.30. The highest BCUT2D eigenvalue weighted by molar-refractivity contribution is 6.31. The van der Waals surface area contributed by atoms with Gasteiger partial charge in [0.05, 0.1) is 6.04 Å². The van der Waals surface area contributed by atoms with Crippen LogP contribution in [-0.4, -0.2) is 33.9 Å². The molecule has 0 aliphatic rings. The predicted octanol–water partition coefficient (Wildman–Crippen LogP) is 1.99. The van der Waals surface area contributed by atoms with Crippen molar-refractivity contribution >= 4 is 11.9 Å². The highest BCUT2D eigenvalue weighted by Gasteiger charge is 2.28. The molecule has 22 heavy (non-hydrogen) atoms. The number of pyridine rings is 1. The predicted molar refractivity (Wildman–Crippen MR) is 72.8 cm³/mol. The van der Waals surface area contributed by atoms with Crippen LogP contribution in [0.25, 0.3) is 0 Å². The minimum atomic E-state index is -1.64. The maximum atomic E-state index is 13.5. The summed E-state index contributed by atoms with van der Waals surface area (Å²) in [4.78, 5) is 27.4. The molecule has 0 radical (unpaired) electrons. The van der Waals surface area contributed by atoms with Crippen LogP contribution >= 0.6 is 0 Å². The number of carbonyl (C=O) groups excluding carboxylic acids is 1. The lowest BCUT2D eigenvalue weighted by Crippen LogP contribution is -2.36. The Hall–Kier alpha value is -2.83. The van der Waals surface area contributed by atoms with E-state index in [-0.39, 0.29) is 5.56 Å². The molecule has 2 rings (SSSR count). The molecule has 1 amide bonds. The summed E-state index contributed by atoms with van der Waals surface area (Å²) in [7, 11) is 1.27. The lowest BCUT2D eigenvalue weighted by atomic mass is 9.98. The fourth-order valence-corrected chi connectivity index (χ4v) is 2.13. The molecule has 0 bridgehead atoms. The summed E-state index contributed by atoms with van der Waals surface area (Å²) in [5, 5.41) is 8.85. The van der Waals surface area contributed by atoms with Crippen LogP contribution in [0.2, 0.25) is 0 Å². The molecule has 1 aromatic carbocycles. The van der Waals surface area contributed by atoms with Gasteiger partial charge in [-0.2, -0.15) is 0 Å². The monoisotopic (exact) mass is 306 g/mol. The van der Waals surface area contributed by atoms with Crippen LogP contribution in [0.5, 0.6) is 0 Å². The number of carboxylic acids is 1. The first kappa shape index (κ1) is 15.6. The van der Waals surface area contributed by atoms with Crippen LogP contribution in [0.4, 0.5) is 8.78 Å². The van der Waals surface area contributed by atoms with E-state index in [1.807, 2.05) is 0 Å². The highest BCUT2D eigenvalue weighted by atomic mass is 19.2. The van der Waals surface area contributed by atoms with Gasteiger partial charge >= 0.3 is 11.9 Å². The van der Waals surface area contributed by atoms with Gasteiger partial charge in [0.2, 0.25) is 0 Å². The standard InChI is InChI=1S/C15H12F2N2O3/c1-19(14(20)15(21)22)13(10-3-2-6-18-8-10)9-4-5-11(16)12(17)7-9/h2-8,13H,1H3,(H,21,22). The van der Waals surface area contributed by atoms with Crippen LogP contribution in [0.15, 0.2) is 42.7 Å². The first-order chi connectivity index (χ1) is 10.4. The lowest BCUT2D eigenvalue weighted by Gasteiger charge is -2.27. The topological polar surface area (TPSA) is 70.5 Å². The third-order valence-electron chi connectivity index (χ3n) is 3.15. The quantitative estimate of drug-likeness (QED) is 0.880. The molecule has 1 atom stereocenters. The van der Waals surface area contributed by atoms with Gasteiger partial charge in [0, 0.05) is 19.4 Å². The molecule has 0 aliphatic carbocycles. The van der Waals surface area contributed by atoms with Crippen LogP contribution in [0, 0.1) is 11.6 Å². The second-order valence-electron chi connectivity index (χ2n) is 4.58. The molecular formula is C15H12F2N2O3. The summed E-state index contributed by atoms with van der Waals surface area (Å²) >= 11 is 0. The summed E-state index contributed by atoms with van der Waals surface area (Å²) in [6, 6.07) is 5.46. The van der Waals surface area contributed by atoms with E-state index in [9.17, 15) is 18.4 Å². The van der Waals surface area contributed by atoms with Crippen molar-refractivity contribution in [2.24, 2.45) is 0 Å². The van der Waals surface area contributed by atoms with Crippen molar-refractivity contribution < 1.29 is 23.5 Å². The minimum absolute atomic E-state index is 0.240. The van der Waals surface area contributed by atoms with Gasteiger partial charge in [-0.15, -0.1) is 0 Å². The molecule has 2 aromatic rings. The zero-order valence-electron chi connectivity index (χ0n) is 11.5. The first-order valence-corrected chi connectivity index (χ1v) is 6.26.